The van der Waals surface area contributed by atoms with Crippen LogP contribution in [0.4, 0.5) is 5.69 Å². The van der Waals surface area contributed by atoms with Gasteiger partial charge in [-0.05, 0) is 55.3 Å². The van der Waals surface area contributed by atoms with E-state index in [1.807, 2.05) is 74.5 Å². The van der Waals surface area contributed by atoms with Crippen LogP contribution in [0.15, 0.2) is 72.8 Å². The molecule has 1 N–H and O–H groups in total. The van der Waals surface area contributed by atoms with Crippen LogP contribution in [0, 0.1) is 13.8 Å². The molecule has 0 atom stereocenters. The summed E-state index contributed by atoms with van der Waals surface area (Å²) < 4.78 is 11.3. The van der Waals surface area contributed by atoms with Crippen LogP contribution in [0.1, 0.15) is 21.5 Å². The first-order valence-corrected chi connectivity index (χ1v) is 8.92. The number of amides is 1. The van der Waals surface area contributed by atoms with E-state index in [9.17, 15) is 4.79 Å². The third kappa shape index (κ3) is 5.11. The Bertz CT molecular complexity index is 886. The van der Waals surface area contributed by atoms with Gasteiger partial charge in [0, 0.05) is 11.3 Å². The molecule has 1 amide bonds. The zero-order chi connectivity index (χ0) is 19.1. The molecule has 138 valence electrons. The molecule has 0 unspecified atom stereocenters. The van der Waals surface area contributed by atoms with Crippen LogP contribution in [-0.2, 0) is 0 Å². The monoisotopic (exact) mass is 361 g/mol. The summed E-state index contributed by atoms with van der Waals surface area (Å²) in [6.45, 7) is 4.80. The Morgan fingerprint density at radius 2 is 1.37 bits per heavy atom. The Morgan fingerprint density at radius 1 is 0.778 bits per heavy atom. The molecule has 0 aromatic heterocycles. The largest absolute Gasteiger partial charge is 0.490 e. The number of aryl methyl sites for hydroxylation is 2. The molecule has 0 saturated carbocycles. The van der Waals surface area contributed by atoms with Crippen molar-refractivity contribution in [2.75, 3.05) is 18.5 Å². The number of carbonyl (C=O) groups excluding carboxylic acids is 1. The Morgan fingerprint density at radius 3 is 2.07 bits per heavy atom. The molecular weight excluding hydrogens is 338 g/mol. The van der Waals surface area contributed by atoms with Crippen LogP contribution in [0.5, 0.6) is 11.5 Å². The number of carbonyl (C=O) groups is 1. The van der Waals surface area contributed by atoms with Crippen LogP contribution < -0.4 is 14.8 Å². The average molecular weight is 361 g/mol. The highest BCUT2D eigenvalue weighted by atomic mass is 16.5. The van der Waals surface area contributed by atoms with E-state index in [-0.39, 0.29) is 5.91 Å². The summed E-state index contributed by atoms with van der Waals surface area (Å²) in [5.41, 5.74) is 3.48. The maximum absolute atomic E-state index is 12.6. The Balaban J connectivity index is 1.57. The van der Waals surface area contributed by atoms with Gasteiger partial charge in [-0.2, -0.15) is 0 Å². The fraction of sp³-hybridized carbons (Fsp3) is 0.174. The van der Waals surface area contributed by atoms with Gasteiger partial charge in [-0.3, -0.25) is 4.79 Å². The van der Waals surface area contributed by atoms with Crippen LogP contribution in [-0.4, -0.2) is 19.1 Å². The molecule has 3 aromatic carbocycles. The molecule has 0 aliphatic carbocycles. The zero-order valence-electron chi connectivity index (χ0n) is 15.6. The van der Waals surface area contributed by atoms with Gasteiger partial charge in [-0.15, -0.1) is 0 Å². The lowest BCUT2D eigenvalue weighted by atomic mass is 10.1. The van der Waals surface area contributed by atoms with Gasteiger partial charge in [0.2, 0.25) is 0 Å². The van der Waals surface area contributed by atoms with Gasteiger partial charge in [-0.1, -0.05) is 42.5 Å². The Labute approximate surface area is 159 Å². The normalized spacial score (nSPS) is 10.3. The molecule has 0 bridgehead atoms. The van der Waals surface area contributed by atoms with Gasteiger partial charge in [0.25, 0.3) is 5.91 Å². The number of hydrogen-bond donors (Lipinski definition) is 1. The summed E-state index contributed by atoms with van der Waals surface area (Å²) in [5, 5.41) is 2.99. The molecule has 3 rings (SSSR count). The van der Waals surface area contributed by atoms with Crippen molar-refractivity contribution in [1.29, 1.82) is 0 Å². The summed E-state index contributed by atoms with van der Waals surface area (Å²) in [5.74, 6) is 1.29. The third-order valence-electron chi connectivity index (χ3n) is 4.18. The van der Waals surface area contributed by atoms with Crippen molar-refractivity contribution in [3.63, 3.8) is 0 Å². The van der Waals surface area contributed by atoms with E-state index in [0.29, 0.717) is 24.5 Å². The van der Waals surface area contributed by atoms with Gasteiger partial charge in [0.05, 0.1) is 0 Å². The van der Waals surface area contributed by atoms with E-state index in [1.54, 1.807) is 12.1 Å². The molecule has 0 radical (unpaired) electrons. The van der Waals surface area contributed by atoms with Crippen molar-refractivity contribution in [1.82, 2.24) is 0 Å². The minimum absolute atomic E-state index is 0.154. The molecule has 0 saturated heterocycles. The fourth-order valence-corrected chi connectivity index (χ4v) is 2.76. The van der Waals surface area contributed by atoms with Gasteiger partial charge in [0.15, 0.2) is 0 Å². The predicted molar refractivity (Wildman–Crippen MR) is 108 cm³/mol. The lowest BCUT2D eigenvalue weighted by molar-refractivity contribution is 0.102. The van der Waals surface area contributed by atoms with Crippen molar-refractivity contribution in [2.24, 2.45) is 0 Å². The molecule has 3 aromatic rings. The predicted octanol–water partition coefficient (Wildman–Crippen LogP) is 5.01. The zero-order valence-corrected chi connectivity index (χ0v) is 15.6. The number of nitrogens with one attached hydrogen (secondary N) is 1. The van der Waals surface area contributed by atoms with Crippen LogP contribution in [0.25, 0.3) is 0 Å². The van der Waals surface area contributed by atoms with E-state index < -0.39 is 0 Å². The SMILES string of the molecule is Cc1cccc(C)c1NC(=O)c1cccc(OCCOc2ccccc2)c1. The second-order valence-electron chi connectivity index (χ2n) is 6.26. The summed E-state index contributed by atoms with van der Waals surface area (Å²) in [7, 11) is 0. The van der Waals surface area contributed by atoms with Crippen LogP contribution >= 0.6 is 0 Å². The highest BCUT2D eigenvalue weighted by molar-refractivity contribution is 6.05. The molecule has 0 aliphatic heterocycles. The summed E-state index contributed by atoms with van der Waals surface area (Å²) in [4.78, 5) is 12.6. The molecular formula is C23H23NO3. The summed E-state index contributed by atoms with van der Waals surface area (Å²) in [6, 6.07) is 22.7. The number of para-hydroxylation sites is 2. The quantitative estimate of drug-likeness (QED) is 0.602. The smallest absolute Gasteiger partial charge is 0.255 e. The van der Waals surface area contributed by atoms with E-state index in [1.165, 1.54) is 0 Å². The molecule has 27 heavy (non-hydrogen) atoms. The Kier molecular flexibility index (Phi) is 6.10. The fourth-order valence-electron chi connectivity index (χ4n) is 2.76. The lowest BCUT2D eigenvalue weighted by Gasteiger charge is -2.12. The first-order valence-electron chi connectivity index (χ1n) is 8.92. The molecule has 0 heterocycles. The Hall–Kier alpha value is -3.27. The second kappa shape index (κ2) is 8.90. The highest BCUT2D eigenvalue weighted by Gasteiger charge is 2.10. The summed E-state index contributed by atoms with van der Waals surface area (Å²) in [6.07, 6.45) is 0. The molecule has 0 fully saturated rings. The first-order chi connectivity index (χ1) is 13.1. The van der Waals surface area contributed by atoms with Gasteiger partial charge < -0.3 is 14.8 Å². The lowest BCUT2D eigenvalue weighted by Crippen LogP contribution is -2.14. The average Bonchev–Trinajstić information content (AvgIpc) is 2.69. The van der Waals surface area contributed by atoms with Crippen molar-refractivity contribution in [3.05, 3.63) is 89.5 Å². The maximum atomic E-state index is 12.6. The number of anilines is 1. The van der Waals surface area contributed by atoms with Crippen molar-refractivity contribution >= 4 is 11.6 Å². The van der Waals surface area contributed by atoms with E-state index in [4.69, 9.17) is 9.47 Å². The molecule has 4 nitrogen and oxygen atoms in total. The number of rotatable bonds is 7. The first kappa shape index (κ1) is 18.5. The molecule has 0 spiro atoms. The van der Waals surface area contributed by atoms with E-state index >= 15 is 0 Å². The highest BCUT2D eigenvalue weighted by Crippen LogP contribution is 2.21. The van der Waals surface area contributed by atoms with Gasteiger partial charge in [-0.25, -0.2) is 0 Å². The van der Waals surface area contributed by atoms with E-state index in [2.05, 4.69) is 5.32 Å². The molecule has 0 aliphatic rings. The second-order valence-corrected chi connectivity index (χ2v) is 6.26. The third-order valence-corrected chi connectivity index (χ3v) is 4.18. The number of ether oxygens (including phenoxy) is 2. The maximum Gasteiger partial charge on any atom is 0.255 e. The van der Waals surface area contributed by atoms with Gasteiger partial charge >= 0.3 is 0 Å². The topological polar surface area (TPSA) is 47.6 Å². The van der Waals surface area contributed by atoms with Crippen molar-refractivity contribution in [2.45, 2.75) is 13.8 Å². The minimum atomic E-state index is -0.154. The summed E-state index contributed by atoms with van der Waals surface area (Å²) >= 11 is 0. The van der Waals surface area contributed by atoms with Crippen LogP contribution in [0.3, 0.4) is 0 Å². The number of hydrogen-bond acceptors (Lipinski definition) is 3. The number of benzene rings is 3. The van der Waals surface area contributed by atoms with Gasteiger partial charge in [0.1, 0.15) is 24.7 Å². The van der Waals surface area contributed by atoms with Crippen molar-refractivity contribution in [3.8, 4) is 11.5 Å². The minimum Gasteiger partial charge on any atom is -0.490 e. The van der Waals surface area contributed by atoms with Crippen LogP contribution in [0.2, 0.25) is 0 Å². The van der Waals surface area contributed by atoms with Crippen molar-refractivity contribution < 1.29 is 14.3 Å². The molecule has 4 heteroatoms. The standard InChI is InChI=1S/C23H23NO3/c1-17-8-6-9-18(2)22(17)24-23(25)19-10-7-13-21(16-19)27-15-14-26-20-11-4-3-5-12-20/h3-13,16H,14-15H2,1-2H3,(H,24,25). The van der Waals surface area contributed by atoms with E-state index in [0.717, 1.165) is 22.6 Å².